The Kier molecular flexibility index (Phi) is 3.96. The number of aryl methyl sites for hydroxylation is 2. The molecule has 1 aromatic rings. The van der Waals surface area contributed by atoms with Crippen LogP contribution in [0.5, 0.6) is 0 Å². The van der Waals surface area contributed by atoms with Gasteiger partial charge in [0.05, 0.1) is 6.42 Å². The van der Waals surface area contributed by atoms with Gasteiger partial charge in [0.2, 0.25) is 5.12 Å². The molecule has 15 heavy (non-hydrogen) atoms. The number of aromatic nitrogens is 2. The van der Waals surface area contributed by atoms with Crippen molar-refractivity contribution >= 4 is 22.7 Å². The van der Waals surface area contributed by atoms with Crippen LogP contribution in [0.25, 0.3) is 0 Å². The van der Waals surface area contributed by atoms with Crippen LogP contribution in [0.3, 0.4) is 0 Å². The highest BCUT2D eigenvalue weighted by atomic mass is 32.2. The number of ketones is 1. The molecule has 80 valence electrons. The van der Waals surface area contributed by atoms with Gasteiger partial charge in [-0.3, -0.25) is 9.59 Å². The van der Waals surface area contributed by atoms with E-state index in [1.165, 1.54) is 6.92 Å². The lowest BCUT2D eigenvalue weighted by Gasteiger charge is -2.00. The number of thioether (sulfide) groups is 1. The number of carbonyl (C=O) groups excluding carboxylic acids is 2. The molecule has 0 unspecified atom stereocenters. The summed E-state index contributed by atoms with van der Waals surface area (Å²) >= 11 is 0.918. The summed E-state index contributed by atoms with van der Waals surface area (Å²) in [6, 6.07) is 1.83. The van der Waals surface area contributed by atoms with Crippen molar-refractivity contribution in [3.8, 4) is 0 Å². The molecule has 0 amide bonds. The SMILES string of the molecule is CC(=O)CC(=O)Sc1nc(C)cc(C)n1. The molecule has 0 bridgehead atoms. The molecule has 0 radical (unpaired) electrons. The van der Waals surface area contributed by atoms with E-state index < -0.39 is 0 Å². The van der Waals surface area contributed by atoms with Crippen LogP contribution < -0.4 is 0 Å². The molecule has 0 atom stereocenters. The summed E-state index contributed by atoms with van der Waals surface area (Å²) in [5, 5.41) is 0.200. The summed E-state index contributed by atoms with van der Waals surface area (Å²) in [6.45, 7) is 5.07. The zero-order valence-corrected chi connectivity index (χ0v) is 9.72. The summed E-state index contributed by atoms with van der Waals surface area (Å²) < 4.78 is 0. The van der Waals surface area contributed by atoms with Crippen LogP contribution >= 0.6 is 11.8 Å². The van der Waals surface area contributed by atoms with Crippen LogP contribution in [0.1, 0.15) is 24.7 Å². The molecule has 0 aliphatic heterocycles. The fraction of sp³-hybridized carbons (Fsp3) is 0.400. The Balaban J connectivity index is 2.72. The molecule has 0 aliphatic carbocycles. The Labute approximate surface area is 92.5 Å². The highest BCUT2D eigenvalue weighted by Gasteiger charge is 2.10. The maximum Gasteiger partial charge on any atom is 0.204 e. The van der Waals surface area contributed by atoms with E-state index in [0.29, 0.717) is 5.16 Å². The van der Waals surface area contributed by atoms with E-state index in [-0.39, 0.29) is 17.3 Å². The summed E-state index contributed by atoms with van der Waals surface area (Å²) in [6.07, 6.45) is -0.0684. The molecule has 5 heteroatoms. The van der Waals surface area contributed by atoms with Gasteiger partial charge in [-0.2, -0.15) is 0 Å². The largest absolute Gasteiger partial charge is 0.300 e. The predicted molar refractivity (Wildman–Crippen MR) is 57.7 cm³/mol. The van der Waals surface area contributed by atoms with Gasteiger partial charge in [-0.25, -0.2) is 9.97 Å². The third kappa shape index (κ3) is 4.20. The lowest BCUT2D eigenvalue weighted by Crippen LogP contribution is -2.02. The standard InChI is InChI=1S/C10H12N2O2S/c1-6-4-7(2)12-10(11-6)15-9(14)5-8(3)13/h4H,5H2,1-3H3. The molecular weight excluding hydrogens is 212 g/mol. The van der Waals surface area contributed by atoms with Gasteiger partial charge in [-0.1, -0.05) is 0 Å². The number of carbonyl (C=O) groups is 2. The molecule has 1 heterocycles. The van der Waals surface area contributed by atoms with Crippen molar-refractivity contribution in [3.63, 3.8) is 0 Å². The monoisotopic (exact) mass is 224 g/mol. The zero-order valence-electron chi connectivity index (χ0n) is 8.90. The van der Waals surface area contributed by atoms with Gasteiger partial charge in [0.15, 0.2) is 5.16 Å². The molecule has 0 saturated heterocycles. The quantitative estimate of drug-likeness (QED) is 0.444. The lowest BCUT2D eigenvalue weighted by atomic mass is 10.3. The van der Waals surface area contributed by atoms with Gasteiger partial charge in [-0.05, 0) is 38.6 Å². The number of hydrogen-bond acceptors (Lipinski definition) is 5. The van der Waals surface area contributed by atoms with Crippen molar-refractivity contribution in [1.29, 1.82) is 0 Å². The molecule has 0 fully saturated rings. The summed E-state index contributed by atoms with van der Waals surface area (Å²) in [5.41, 5.74) is 1.64. The van der Waals surface area contributed by atoms with Gasteiger partial charge in [0, 0.05) is 11.4 Å². The van der Waals surface area contributed by atoms with E-state index in [4.69, 9.17) is 0 Å². The van der Waals surface area contributed by atoms with E-state index in [1.807, 2.05) is 19.9 Å². The number of nitrogens with zero attached hydrogens (tertiary/aromatic N) is 2. The third-order valence-electron chi connectivity index (χ3n) is 1.56. The first-order chi connectivity index (χ1) is 6.97. The van der Waals surface area contributed by atoms with E-state index >= 15 is 0 Å². The van der Waals surface area contributed by atoms with Gasteiger partial charge < -0.3 is 0 Å². The van der Waals surface area contributed by atoms with Crippen LogP contribution in [0.15, 0.2) is 11.2 Å². The second-order valence-electron chi connectivity index (χ2n) is 3.29. The van der Waals surface area contributed by atoms with E-state index in [9.17, 15) is 9.59 Å². The third-order valence-corrected chi connectivity index (χ3v) is 2.30. The van der Waals surface area contributed by atoms with E-state index in [2.05, 4.69) is 9.97 Å². The predicted octanol–water partition coefficient (Wildman–Crippen LogP) is 1.69. The van der Waals surface area contributed by atoms with Gasteiger partial charge in [0.25, 0.3) is 0 Å². The van der Waals surface area contributed by atoms with Crippen molar-refractivity contribution in [1.82, 2.24) is 9.97 Å². The number of Topliss-reactive ketones (excluding diaryl/α,β-unsaturated/α-hetero) is 1. The van der Waals surface area contributed by atoms with Crippen LogP contribution in [-0.2, 0) is 9.59 Å². The van der Waals surface area contributed by atoms with Crippen LogP contribution in [0, 0.1) is 13.8 Å². The Morgan fingerprint density at radius 1 is 1.27 bits per heavy atom. The lowest BCUT2D eigenvalue weighted by molar-refractivity contribution is -0.121. The number of hydrogen-bond donors (Lipinski definition) is 0. The molecule has 0 saturated carbocycles. The van der Waals surface area contributed by atoms with Crippen molar-refractivity contribution in [2.24, 2.45) is 0 Å². The first-order valence-electron chi connectivity index (χ1n) is 4.50. The first kappa shape index (κ1) is 11.8. The Morgan fingerprint density at radius 3 is 2.27 bits per heavy atom. The van der Waals surface area contributed by atoms with Crippen molar-refractivity contribution in [2.45, 2.75) is 32.3 Å². The Hall–Kier alpha value is -1.23. The molecule has 4 nitrogen and oxygen atoms in total. The molecule has 0 spiro atoms. The average molecular weight is 224 g/mol. The highest BCUT2D eigenvalue weighted by Crippen LogP contribution is 2.16. The second kappa shape index (κ2) is 5.02. The van der Waals surface area contributed by atoms with Crippen molar-refractivity contribution < 1.29 is 9.59 Å². The maximum absolute atomic E-state index is 11.3. The minimum atomic E-state index is -0.215. The highest BCUT2D eigenvalue weighted by molar-refractivity contribution is 8.13. The van der Waals surface area contributed by atoms with E-state index in [0.717, 1.165) is 23.1 Å². The zero-order chi connectivity index (χ0) is 11.4. The molecule has 0 aromatic carbocycles. The van der Waals surface area contributed by atoms with Gasteiger partial charge >= 0.3 is 0 Å². The first-order valence-corrected chi connectivity index (χ1v) is 5.31. The maximum atomic E-state index is 11.3. The van der Waals surface area contributed by atoms with Gasteiger partial charge in [0.1, 0.15) is 5.78 Å². The van der Waals surface area contributed by atoms with Crippen LogP contribution in [0.4, 0.5) is 0 Å². The molecule has 1 rings (SSSR count). The second-order valence-corrected chi connectivity index (χ2v) is 4.31. The Morgan fingerprint density at radius 2 is 1.80 bits per heavy atom. The van der Waals surface area contributed by atoms with Crippen molar-refractivity contribution in [2.75, 3.05) is 0 Å². The molecule has 1 aromatic heterocycles. The van der Waals surface area contributed by atoms with Crippen molar-refractivity contribution in [3.05, 3.63) is 17.5 Å². The van der Waals surface area contributed by atoms with Crippen LogP contribution in [-0.4, -0.2) is 20.9 Å². The fourth-order valence-corrected chi connectivity index (χ4v) is 1.94. The molecule has 0 N–H and O–H groups in total. The van der Waals surface area contributed by atoms with Crippen LogP contribution in [0.2, 0.25) is 0 Å². The normalized spacial score (nSPS) is 10.1. The van der Waals surface area contributed by atoms with Gasteiger partial charge in [-0.15, -0.1) is 0 Å². The summed E-state index contributed by atoms with van der Waals surface area (Å²) in [5.74, 6) is -0.142. The smallest absolute Gasteiger partial charge is 0.204 e. The summed E-state index contributed by atoms with van der Waals surface area (Å²) in [4.78, 5) is 30.2. The minimum Gasteiger partial charge on any atom is -0.300 e. The average Bonchev–Trinajstić information content (AvgIpc) is 1.98. The summed E-state index contributed by atoms with van der Waals surface area (Å²) in [7, 11) is 0. The topological polar surface area (TPSA) is 59.9 Å². The van der Waals surface area contributed by atoms with E-state index in [1.54, 1.807) is 0 Å². The minimum absolute atomic E-state index is 0.0684. The fourth-order valence-electron chi connectivity index (χ4n) is 1.08. The number of rotatable bonds is 3. The molecule has 0 aliphatic rings. The Bertz CT molecular complexity index is 384. The molecular formula is C10H12N2O2S.